The molecule has 2 N–H and O–H groups in total. The summed E-state index contributed by atoms with van der Waals surface area (Å²) in [5.41, 5.74) is 10.6. The molecule has 0 unspecified atom stereocenters. The second-order valence-electron chi connectivity index (χ2n) is 11.1. The fraction of sp³-hybridized carbons (Fsp3) is 0.419. The van der Waals surface area contributed by atoms with E-state index in [9.17, 15) is 0 Å². The summed E-state index contributed by atoms with van der Waals surface area (Å²) in [6, 6.07) is 8.97. The number of hydrogen-bond acceptors (Lipinski definition) is 2. The molecule has 2 aromatic heterocycles. The van der Waals surface area contributed by atoms with Crippen LogP contribution >= 0.6 is 31.9 Å². The van der Waals surface area contributed by atoms with Gasteiger partial charge < -0.3 is 0 Å². The van der Waals surface area contributed by atoms with E-state index < -0.39 is 0 Å². The van der Waals surface area contributed by atoms with Crippen molar-refractivity contribution < 1.29 is 0 Å². The van der Waals surface area contributed by atoms with Gasteiger partial charge in [0.1, 0.15) is 0 Å². The van der Waals surface area contributed by atoms with E-state index in [0.29, 0.717) is 0 Å². The summed E-state index contributed by atoms with van der Waals surface area (Å²) in [4.78, 5) is 0. The summed E-state index contributed by atoms with van der Waals surface area (Å²) in [6.07, 6.45) is 7.55. The lowest BCUT2D eigenvalue weighted by molar-refractivity contribution is 0.125. The van der Waals surface area contributed by atoms with Gasteiger partial charge in [0.2, 0.25) is 0 Å². The molecule has 0 aliphatic heterocycles. The van der Waals surface area contributed by atoms with Crippen molar-refractivity contribution in [3.8, 4) is 22.3 Å². The molecule has 6 heteroatoms. The third-order valence-electron chi connectivity index (χ3n) is 8.78. The molecule has 1 aliphatic carbocycles. The van der Waals surface area contributed by atoms with Gasteiger partial charge in [-0.3, -0.25) is 10.2 Å². The molecule has 1 aliphatic rings. The van der Waals surface area contributed by atoms with Gasteiger partial charge in [-0.1, -0.05) is 87.2 Å². The number of H-pyrrole nitrogens is 2. The van der Waals surface area contributed by atoms with Crippen LogP contribution in [0.2, 0.25) is 0 Å². The van der Waals surface area contributed by atoms with Crippen LogP contribution in [0.25, 0.3) is 22.3 Å². The quantitative estimate of drug-likeness (QED) is 0.232. The lowest BCUT2D eigenvalue weighted by atomic mass is 9.59. The van der Waals surface area contributed by atoms with E-state index in [2.05, 4.69) is 132 Å². The summed E-state index contributed by atoms with van der Waals surface area (Å²) in [6.45, 7) is 22.5. The molecular weight excluding hydrogens is 588 g/mol. The molecule has 0 saturated carbocycles. The first kappa shape index (κ1) is 29.4. The van der Waals surface area contributed by atoms with Crippen LogP contribution < -0.4 is 0 Å². The monoisotopic (exact) mass is 626 g/mol. The zero-order chi connectivity index (χ0) is 27.8. The number of aromatic amines is 2. The van der Waals surface area contributed by atoms with Crippen LogP contribution in [0.1, 0.15) is 77.6 Å². The zero-order valence-corrected chi connectivity index (χ0v) is 26.9. The standard InChI is InChI=1S/C18H23BrN2.C11H11BrN2.C2H6/c1-16(2)13-7-12(11-9-20-21-10-11)15(19)8-14(13)17(3,4)18(16,5)6;1-7-3-10(9-5-13-14-6-9)11(12)4-8(7)2;1-2/h7-10H,1-6H3,(H,20,21);3-6H,1-2H3,(H,13,14);1-2H3. The Balaban J connectivity index is 0.000000207. The van der Waals surface area contributed by atoms with Crippen LogP contribution in [0.5, 0.6) is 0 Å². The largest absolute Gasteiger partial charge is 0.285 e. The fourth-order valence-corrected chi connectivity index (χ4v) is 6.34. The molecule has 0 saturated heterocycles. The first-order valence-corrected chi connectivity index (χ1v) is 14.5. The van der Waals surface area contributed by atoms with Crippen molar-refractivity contribution in [3.05, 3.63) is 80.3 Å². The normalized spacial score (nSPS) is 16.2. The molecule has 4 nitrogen and oxygen atoms in total. The molecule has 0 atom stereocenters. The summed E-state index contributed by atoms with van der Waals surface area (Å²) in [5.74, 6) is 0. The molecule has 0 spiro atoms. The Labute approximate surface area is 239 Å². The Morgan fingerprint density at radius 1 is 0.622 bits per heavy atom. The number of rotatable bonds is 2. The molecule has 2 aromatic carbocycles. The maximum absolute atomic E-state index is 4.08. The Bertz CT molecular complexity index is 1350. The fourth-order valence-electron chi connectivity index (χ4n) is 5.08. The molecule has 5 rings (SSSR count). The lowest BCUT2D eigenvalue weighted by Gasteiger charge is -2.44. The molecular formula is C31H40Br2N4. The van der Waals surface area contributed by atoms with Crippen molar-refractivity contribution in [3.63, 3.8) is 0 Å². The minimum atomic E-state index is 0.130. The summed E-state index contributed by atoms with van der Waals surface area (Å²) in [5, 5.41) is 13.8. The van der Waals surface area contributed by atoms with Crippen LogP contribution in [0.3, 0.4) is 0 Å². The Hall–Kier alpha value is -2.18. The molecule has 4 aromatic rings. The van der Waals surface area contributed by atoms with E-state index in [1.54, 1.807) is 0 Å². The van der Waals surface area contributed by atoms with Gasteiger partial charge in [-0.2, -0.15) is 10.2 Å². The van der Waals surface area contributed by atoms with Gasteiger partial charge in [0, 0.05) is 32.5 Å². The molecule has 0 fully saturated rings. The highest BCUT2D eigenvalue weighted by atomic mass is 79.9. The van der Waals surface area contributed by atoms with Gasteiger partial charge >= 0.3 is 0 Å². The van der Waals surface area contributed by atoms with E-state index in [1.165, 1.54) is 33.4 Å². The third-order valence-corrected chi connectivity index (χ3v) is 10.1. The van der Waals surface area contributed by atoms with Crippen LogP contribution in [0.15, 0.2) is 58.0 Å². The summed E-state index contributed by atoms with van der Waals surface area (Å²) in [7, 11) is 0. The van der Waals surface area contributed by atoms with E-state index in [1.807, 2.05) is 38.6 Å². The van der Waals surface area contributed by atoms with Crippen LogP contribution in [-0.2, 0) is 10.8 Å². The van der Waals surface area contributed by atoms with Gasteiger partial charge in [0.15, 0.2) is 0 Å². The van der Waals surface area contributed by atoms with E-state index >= 15 is 0 Å². The number of benzene rings is 2. The summed E-state index contributed by atoms with van der Waals surface area (Å²) >= 11 is 7.32. The predicted octanol–water partition coefficient (Wildman–Crippen LogP) is 9.92. The number of fused-ring (bicyclic) bond motifs is 1. The van der Waals surface area contributed by atoms with Gasteiger partial charge in [-0.15, -0.1) is 0 Å². The van der Waals surface area contributed by atoms with Gasteiger partial charge in [-0.25, -0.2) is 0 Å². The van der Waals surface area contributed by atoms with Crippen LogP contribution in [0.4, 0.5) is 0 Å². The van der Waals surface area contributed by atoms with Crippen molar-refractivity contribution in [2.45, 2.75) is 80.1 Å². The topological polar surface area (TPSA) is 57.4 Å². The smallest absolute Gasteiger partial charge is 0.0566 e. The van der Waals surface area contributed by atoms with Crippen LogP contribution in [0, 0.1) is 19.3 Å². The number of nitrogens with zero attached hydrogens (tertiary/aromatic N) is 2. The van der Waals surface area contributed by atoms with E-state index in [0.717, 1.165) is 20.1 Å². The molecule has 0 radical (unpaired) electrons. The highest BCUT2D eigenvalue weighted by Crippen LogP contribution is 2.62. The second kappa shape index (κ2) is 10.9. The molecule has 37 heavy (non-hydrogen) atoms. The Morgan fingerprint density at radius 3 is 1.49 bits per heavy atom. The highest BCUT2D eigenvalue weighted by molar-refractivity contribution is 9.11. The van der Waals surface area contributed by atoms with Gasteiger partial charge in [0.05, 0.1) is 12.4 Å². The average molecular weight is 628 g/mol. The van der Waals surface area contributed by atoms with Gasteiger partial charge in [0.25, 0.3) is 0 Å². The van der Waals surface area contributed by atoms with Crippen molar-refractivity contribution in [2.24, 2.45) is 5.41 Å². The molecule has 198 valence electrons. The number of nitrogens with one attached hydrogen (secondary N) is 2. The third kappa shape index (κ3) is 5.12. The number of hydrogen-bond donors (Lipinski definition) is 2. The Kier molecular flexibility index (Phi) is 8.65. The Morgan fingerprint density at radius 2 is 1.03 bits per heavy atom. The molecule has 0 bridgehead atoms. The van der Waals surface area contributed by atoms with Crippen molar-refractivity contribution in [2.75, 3.05) is 0 Å². The number of aromatic nitrogens is 4. The maximum atomic E-state index is 4.08. The van der Waals surface area contributed by atoms with Gasteiger partial charge in [-0.05, 0) is 87.7 Å². The van der Waals surface area contributed by atoms with Crippen molar-refractivity contribution in [1.82, 2.24) is 20.4 Å². The predicted molar refractivity (Wildman–Crippen MR) is 164 cm³/mol. The number of aryl methyl sites for hydroxylation is 2. The van der Waals surface area contributed by atoms with E-state index in [-0.39, 0.29) is 16.2 Å². The first-order chi connectivity index (χ1) is 17.3. The van der Waals surface area contributed by atoms with Crippen LogP contribution in [-0.4, -0.2) is 20.4 Å². The summed E-state index contributed by atoms with van der Waals surface area (Å²) < 4.78 is 2.26. The SMILES string of the molecule is CC.CC1(C)c2cc(Br)c(-c3cn[nH]c3)cc2C(C)(C)C1(C)C.Cc1cc(Br)c(-c2cn[nH]c2)cc1C. The average Bonchev–Trinajstić information content (AvgIpc) is 3.58. The minimum Gasteiger partial charge on any atom is -0.285 e. The highest BCUT2D eigenvalue weighted by Gasteiger charge is 2.56. The van der Waals surface area contributed by atoms with Crippen molar-refractivity contribution >= 4 is 31.9 Å². The lowest BCUT2D eigenvalue weighted by Crippen LogP contribution is -2.42. The minimum absolute atomic E-state index is 0.130. The maximum Gasteiger partial charge on any atom is 0.0566 e. The second-order valence-corrected chi connectivity index (χ2v) is 12.9. The molecule has 2 heterocycles. The number of halogens is 2. The molecule has 0 amide bonds. The first-order valence-electron chi connectivity index (χ1n) is 12.9. The van der Waals surface area contributed by atoms with E-state index in [4.69, 9.17) is 0 Å². The van der Waals surface area contributed by atoms with Crippen molar-refractivity contribution in [1.29, 1.82) is 0 Å². The zero-order valence-electron chi connectivity index (χ0n) is 23.8.